The number of benzene rings is 1. The first-order valence-corrected chi connectivity index (χ1v) is 9.11. The average Bonchev–Trinajstić information content (AvgIpc) is 2.85. The molecule has 0 atom stereocenters. The van der Waals surface area contributed by atoms with Gasteiger partial charge >= 0.3 is 0 Å². The van der Waals surface area contributed by atoms with Crippen LogP contribution in [0.3, 0.4) is 0 Å². The van der Waals surface area contributed by atoms with Crippen molar-refractivity contribution in [2.45, 2.75) is 19.9 Å². The minimum atomic E-state index is 0.00413. The number of hydrogen-bond acceptors (Lipinski definition) is 4. The number of para-hydroxylation sites is 1. The van der Waals surface area contributed by atoms with Gasteiger partial charge in [0.2, 0.25) is 0 Å². The zero-order valence-electron chi connectivity index (χ0n) is 15.0. The maximum absolute atomic E-state index is 13.0. The summed E-state index contributed by atoms with van der Waals surface area (Å²) in [6.45, 7) is 6.21. The fourth-order valence-electron chi connectivity index (χ4n) is 3.60. The summed E-state index contributed by atoms with van der Waals surface area (Å²) in [4.78, 5) is 21.4. The molecule has 3 aromatic rings. The van der Waals surface area contributed by atoms with Gasteiger partial charge in [-0.1, -0.05) is 18.2 Å². The smallest absolute Gasteiger partial charge is 0.289 e. The number of carbonyl (C=O) groups excluding carboxylic acids is 1. The Morgan fingerprint density at radius 1 is 1.08 bits per heavy atom. The molecule has 0 unspecified atom stereocenters. The van der Waals surface area contributed by atoms with E-state index in [0.29, 0.717) is 5.76 Å². The number of aryl methyl sites for hydroxylation is 1. The lowest BCUT2D eigenvalue weighted by Crippen LogP contribution is -2.35. The molecule has 1 amide bonds. The highest BCUT2D eigenvalue weighted by Crippen LogP contribution is 2.26. The number of rotatable bonds is 3. The Bertz CT molecular complexity index is 904. The van der Waals surface area contributed by atoms with E-state index in [4.69, 9.17) is 4.42 Å². The summed E-state index contributed by atoms with van der Waals surface area (Å²) >= 11 is 0. The average molecular weight is 349 g/mol. The fraction of sp³-hybridized carbons (Fsp3) is 0.333. The summed E-state index contributed by atoms with van der Waals surface area (Å²) in [6, 6.07) is 11.9. The highest BCUT2D eigenvalue weighted by atomic mass is 16.3. The van der Waals surface area contributed by atoms with Crippen LogP contribution in [0.2, 0.25) is 0 Å². The predicted molar refractivity (Wildman–Crippen MR) is 101 cm³/mol. The quantitative estimate of drug-likeness (QED) is 0.726. The molecule has 0 radical (unpaired) electrons. The summed E-state index contributed by atoms with van der Waals surface area (Å²) in [5.41, 5.74) is 2.97. The molecule has 1 fully saturated rings. The van der Waals surface area contributed by atoms with Crippen molar-refractivity contribution in [2.75, 3.05) is 26.2 Å². The molecule has 2 aromatic heterocycles. The highest BCUT2D eigenvalue weighted by Gasteiger charge is 2.25. The van der Waals surface area contributed by atoms with Crippen LogP contribution in [-0.2, 0) is 6.54 Å². The second-order valence-corrected chi connectivity index (χ2v) is 6.83. The van der Waals surface area contributed by atoms with Crippen LogP contribution in [0, 0.1) is 6.92 Å². The molecule has 1 aliphatic heterocycles. The molecule has 5 nitrogen and oxygen atoms in total. The van der Waals surface area contributed by atoms with Gasteiger partial charge in [-0.25, -0.2) is 0 Å². The van der Waals surface area contributed by atoms with Gasteiger partial charge in [-0.3, -0.25) is 14.7 Å². The lowest BCUT2D eigenvalue weighted by atomic mass is 10.1. The number of hydrogen-bond donors (Lipinski definition) is 0. The van der Waals surface area contributed by atoms with Crippen molar-refractivity contribution in [2.24, 2.45) is 0 Å². The predicted octanol–water partition coefficient (Wildman–Crippen LogP) is 3.48. The van der Waals surface area contributed by atoms with Gasteiger partial charge in [0.15, 0.2) is 5.76 Å². The van der Waals surface area contributed by atoms with Crippen LogP contribution in [0.1, 0.15) is 28.1 Å². The monoisotopic (exact) mass is 349 g/mol. The largest absolute Gasteiger partial charge is 0.451 e. The summed E-state index contributed by atoms with van der Waals surface area (Å²) in [7, 11) is 0. The van der Waals surface area contributed by atoms with Gasteiger partial charge in [0, 0.05) is 56.1 Å². The maximum Gasteiger partial charge on any atom is 0.289 e. The van der Waals surface area contributed by atoms with Crippen LogP contribution in [0.15, 0.2) is 53.2 Å². The van der Waals surface area contributed by atoms with Crippen LogP contribution < -0.4 is 0 Å². The van der Waals surface area contributed by atoms with Crippen LogP contribution in [0.25, 0.3) is 11.0 Å². The lowest BCUT2D eigenvalue weighted by molar-refractivity contribution is 0.0730. The molecule has 1 aromatic carbocycles. The Balaban J connectivity index is 1.46. The van der Waals surface area contributed by atoms with Gasteiger partial charge in [0.05, 0.1) is 0 Å². The third kappa shape index (κ3) is 3.35. The molecular weight excluding hydrogens is 326 g/mol. The standard InChI is InChI=1S/C21H23N3O2/c1-16-18-5-2-3-6-19(18)26-20(16)21(25)24-12-4-11-23(13-14-24)15-17-7-9-22-10-8-17/h2-3,5-10H,4,11-15H2,1H3. The van der Waals surface area contributed by atoms with E-state index < -0.39 is 0 Å². The van der Waals surface area contributed by atoms with E-state index in [1.165, 1.54) is 5.56 Å². The number of amides is 1. The zero-order chi connectivity index (χ0) is 17.9. The van der Waals surface area contributed by atoms with Crippen LogP contribution in [-0.4, -0.2) is 46.9 Å². The summed E-state index contributed by atoms with van der Waals surface area (Å²) in [5, 5.41) is 1.02. The van der Waals surface area contributed by atoms with Gasteiger partial charge < -0.3 is 9.32 Å². The highest BCUT2D eigenvalue weighted by molar-refractivity contribution is 5.98. The minimum absolute atomic E-state index is 0.00413. The first-order chi connectivity index (χ1) is 12.7. The Morgan fingerprint density at radius 3 is 2.69 bits per heavy atom. The van der Waals surface area contributed by atoms with Crippen molar-refractivity contribution in [3.8, 4) is 0 Å². The second-order valence-electron chi connectivity index (χ2n) is 6.83. The topological polar surface area (TPSA) is 49.6 Å². The molecule has 134 valence electrons. The van der Waals surface area contributed by atoms with Crippen LogP contribution >= 0.6 is 0 Å². The second kappa shape index (κ2) is 7.30. The molecular formula is C21H23N3O2. The van der Waals surface area contributed by atoms with Crippen molar-refractivity contribution in [3.63, 3.8) is 0 Å². The molecule has 5 heteroatoms. The first-order valence-electron chi connectivity index (χ1n) is 9.11. The van der Waals surface area contributed by atoms with E-state index >= 15 is 0 Å². The molecule has 0 N–H and O–H groups in total. The molecule has 0 saturated carbocycles. The summed E-state index contributed by atoms with van der Waals surface area (Å²) in [5.74, 6) is 0.484. The Labute approximate surface area is 153 Å². The van der Waals surface area contributed by atoms with Crippen molar-refractivity contribution in [3.05, 3.63) is 65.7 Å². The Kier molecular flexibility index (Phi) is 4.71. The van der Waals surface area contributed by atoms with Gasteiger partial charge in [0.25, 0.3) is 5.91 Å². The molecule has 1 saturated heterocycles. The van der Waals surface area contributed by atoms with Gasteiger partial charge in [-0.05, 0) is 37.1 Å². The number of pyridine rings is 1. The molecule has 0 aliphatic carbocycles. The van der Waals surface area contributed by atoms with Crippen LogP contribution in [0.4, 0.5) is 0 Å². The normalized spacial score (nSPS) is 16.0. The third-order valence-electron chi connectivity index (χ3n) is 5.07. The number of aromatic nitrogens is 1. The van der Waals surface area contributed by atoms with Gasteiger partial charge in [-0.15, -0.1) is 0 Å². The fourth-order valence-corrected chi connectivity index (χ4v) is 3.60. The van der Waals surface area contributed by atoms with Crippen molar-refractivity contribution in [1.29, 1.82) is 0 Å². The summed E-state index contributed by atoms with van der Waals surface area (Å²) in [6.07, 6.45) is 4.62. The minimum Gasteiger partial charge on any atom is -0.451 e. The number of fused-ring (bicyclic) bond motifs is 1. The van der Waals surface area contributed by atoms with Crippen molar-refractivity contribution in [1.82, 2.24) is 14.8 Å². The van der Waals surface area contributed by atoms with Crippen LogP contribution in [0.5, 0.6) is 0 Å². The van der Waals surface area contributed by atoms with Gasteiger partial charge in [0.1, 0.15) is 5.58 Å². The van der Waals surface area contributed by atoms with E-state index in [0.717, 1.165) is 55.7 Å². The van der Waals surface area contributed by atoms with E-state index in [-0.39, 0.29) is 5.91 Å². The zero-order valence-corrected chi connectivity index (χ0v) is 15.0. The molecule has 0 bridgehead atoms. The first kappa shape index (κ1) is 16.8. The van der Waals surface area contributed by atoms with Crippen molar-refractivity contribution < 1.29 is 9.21 Å². The summed E-state index contributed by atoms with van der Waals surface area (Å²) < 4.78 is 5.87. The molecule has 1 aliphatic rings. The molecule has 3 heterocycles. The number of carbonyl (C=O) groups is 1. The molecule has 0 spiro atoms. The van der Waals surface area contributed by atoms with E-state index in [1.807, 2.05) is 60.6 Å². The van der Waals surface area contributed by atoms with E-state index in [1.54, 1.807) is 0 Å². The SMILES string of the molecule is Cc1c(C(=O)N2CCCN(Cc3ccncc3)CC2)oc2ccccc12. The lowest BCUT2D eigenvalue weighted by Gasteiger charge is -2.21. The maximum atomic E-state index is 13.0. The van der Waals surface area contributed by atoms with E-state index in [2.05, 4.69) is 9.88 Å². The Hall–Kier alpha value is -2.66. The van der Waals surface area contributed by atoms with Crippen molar-refractivity contribution >= 4 is 16.9 Å². The molecule has 4 rings (SSSR count). The number of furan rings is 1. The van der Waals surface area contributed by atoms with Gasteiger partial charge in [-0.2, -0.15) is 0 Å². The Morgan fingerprint density at radius 2 is 1.88 bits per heavy atom. The van der Waals surface area contributed by atoms with E-state index in [9.17, 15) is 4.79 Å². The number of nitrogens with zero attached hydrogens (tertiary/aromatic N) is 3. The third-order valence-corrected chi connectivity index (χ3v) is 5.07. The molecule has 26 heavy (non-hydrogen) atoms.